The molecule has 4 fully saturated rings. The van der Waals surface area contributed by atoms with Crippen molar-refractivity contribution in [3.63, 3.8) is 0 Å². The lowest BCUT2D eigenvalue weighted by molar-refractivity contribution is -0.235. The van der Waals surface area contributed by atoms with Crippen molar-refractivity contribution in [3.05, 3.63) is 0 Å². The van der Waals surface area contributed by atoms with Gasteiger partial charge in [-0.15, -0.1) is 0 Å². The molecule has 0 aromatic heterocycles. The van der Waals surface area contributed by atoms with Crippen molar-refractivity contribution in [2.45, 2.75) is 130 Å². The van der Waals surface area contributed by atoms with Gasteiger partial charge in [-0.1, -0.05) is 53.9 Å². The van der Waals surface area contributed by atoms with Crippen molar-refractivity contribution in [2.75, 3.05) is 0 Å². The zero-order valence-electron chi connectivity index (χ0n) is 20.8. The zero-order chi connectivity index (χ0) is 21.9. The first-order valence-electron chi connectivity index (χ1n) is 13.4. The largest absolute Gasteiger partial charge is 0.390 e. The molecule has 30 heavy (non-hydrogen) atoms. The monoisotopic (exact) mass is 418 g/mol. The van der Waals surface area contributed by atoms with E-state index in [2.05, 4.69) is 34.6 Å². The Hall–Kier alpha value is -0.0800. The highest BCUT2D eigenvalue weighted by Crippen LogP contribution is 2.69. The molecule has 9 atom stereocenters. The Kier molecular flexibility index (Phi) is 5.97. The van der Waals surface area contributed by atoms with Crippen LogP contribution in [0.2, 0.25) is 0 Å². The highest BCUT2D eigenvalue weighted by molar-refractivity contribution is 5.15. The number of aliphatic hydroxyl groups is 2. The molecular formula is C28H50O2. The van der Waals surface area contributed by atoms with Crippen molar-refractivity contribution in [2.24, 2.45) is 46.3 Å². The van der Waals surface area contributed by atoms with Crippen LogP contribution in [0.1, 0.15) is 119 Å². The summed E-state index contributed by atoms with van der Waals surface area (Å²) in [5, 5.41) is 22.5. The molecule has 0 aliphatic heterocycles. The van der Waals surface area contributed by atoms with Crippen LogP contribution in [0.15, 0.2) is 0 Å². The molecule has 4 saturated carbocycles. The molecule has 0 saturated heterocycles. The van der Waals surface area contributed by atoms with Crippen LogP contribution in [0.4, 0.5) is 0 Å². The van der Waals surface area contributed by atoms with Crippen LogP contribution < -0.4 is 0 Å². The molecule has 0 heterocycles. The smallest absolute Gasteiger partial charge is 0.0731 e. The Labute approximate surface area is 186 Å². The van der Waals surface area contributed by atoms with Gasteiger partial charge in [0.1, 0.15) is 0 Å². The molecule has 4 aliphatic rings. The fraction of sp³-hybridized carbons (Fsp3) is 1.00. The number of hydrogen-bond donors (Lipinski definition) is 2. The molecule has 0 aromatic carbocycles. The summed E-state index contributed by atoms with van der Waals surface area (Å²) in [7, 11) is 0. The molecule has 174 valence electrons. The molecule has 0 unspecified atom stereocenters. The lowest BCUT2D eigenvalue weighted by Crippen LogP contribution is -2.64. The third kappa shape index (κ3) is 3.60. The van der Waals surface area contributed by atoms with Gasteiger partial charge < -0.3 is 10.2 Å². The first-order valence-corrected chi connectivity index (χ1v) is 13.4. The number of hydrogen-bond acceptors (Lipinski definition) is 2. The van der Waals surface area contributed by atoms with Crippen LogP contribution in [0.5, 0.6) is 0 Å². The second-order valence-corrected chi connectivity index (χ2v) is 13.6. The van der Waals surface area contributed by atoms with Crippen molar-refractivity contribution < 1.29 is 10.2 Å². The molecule has 0 amide bonds. The van der Waals surface area contributed by atoms with Crippen molar-refractivity contribution >= 4 is 0 Å². The van der Waals surface area contributed by atoms with Crippen molar-refractivity contribution in [3.8, 4) is 0 Å². The predicted octanol–water partition coefficient (Wildman–Crippen LogP) is 6.97. The van der Waals surface area contributed by atoms with Gasteiger partial charge in [0.05, 0.1) is 11.2 Å². The van der Waals surface area contributed by atoms with Crippen LogP contribution in [0.25, 0.3) is 0 Å². The quantitative estimate of drug-likeness (QED) is 0.506. The fourth-order valence-electron chi connectivity index (χ4n) is 9.50. The Morgan fingerprint density at radius 1 is 0.800 bits per heavy atom. The van der Waals surface area contributed by atoms with Crippen LogP contribution in [-0.4, -0.2) is 21.4 Å². The topological polar surface area (TPSA) is 40.5 Å². The van der Waals surface area contributed by atoms with Gasteiger partial charge in [0, 0.05) is 6.42 Å². The zero-order valence-corrected chi connectivity index (χ0v) is 20.8. The molecule has 2 nitrogen and oxygen atoms in total. The van der Waals surface area contributed by atoms with Crippen LogP contribution in [-0.2, 0) is 0 Å². The second-order valence-electron chi connectivity index (χ2n) is 13.6. The van der Waals surface area contributed by atoms with Gasteiger partial charge in [-0.2, -0.15) is 0 Å². The van der Waals surface area contributed by atoms with E-state index in [4.69, 9.17) is 0 Å². The van der Waals surface area contributed by atoms with Gasteiger partial charge >= 0.3 is 0 Å². The van der Waals surface area contributed by atoms with Crippen molar-refractivity contribution in [1.29, 1.82) is 0 Å². The van der Waals surface area contributed by atoms with Gasteiger partial charge in [-0.25, -0.2) is 0 Å². The third-order valence-corrected chi connectivity index (χ3v) is 11.3. The van der Waals surface area contributed by atoms with Crippen molar-refractivity contribution in [1.82, 2.24) is 0 Å². The molecular weight excluding hydrogens is 368 g/mol. The van der Waals surface area contributed by atoms with Gasteiger partial charge in [-0.3, -0.25) is 0 Å². The van der Waals surface area contributed by atoms with E-state index in [9.17, 15) is 10.2 Å². The highest BCUT2D eigenvalue weighted by Gasteiger charge is 2.65. The second kappa shape index (κ2) is 7.75. The normalized spacial score (nSPS) is 51.9. The Balaban J connectivity index is 1.50. The van der Waals surface area contributed by atoms with E-state index in [1.165, 1.54) is 51.4 Å². The van der Waals surface area contributed by atoms with E-state index in [-0.39, 0.29) is 5.41 Å². The molecule has 0 bridgehead atoms. The van der Waals surface area contributed by atoms with E-state index < -0.39 is 11.2 Å². The summed E-state index contributed by atoms with van der Waals surface area (Å²) in [4.78, 5) is 0. The molecule has 0 radical (unpaired) electrons. The SMILES string of the molecule is CC(C)CCC[C@@H](C)[C@H]1CC[C@H]2[C@@H]3CC[C@@]4(O)C[C@](C)(O)CC[C@]4(C)[C@H]3CC[C@]12C. The first-order chi connectivity index (χ1) is 13.9. The first kappa shape index (κ1) is 23.1. The lowest BCUT2D eigenvalue weighted by Gasteiger charge is -2.65. The Bertz CT molecular complexity index is 626. The summed E-state index contributed by atoms with van der Waals surface area (Å²) in [6, 6.07) is 0. The van der Waals surface area contributed by atoms with Crippen LogP contribution in [0, 0.1) is 46.3 Å². The Morgan fingerprint density at radius 3 is 2.23 bits per heavy atom. The van der Waals surface area contributed by atoms with Crippen LogP contribution in [0.3, 0.4) is 0 Å². The molecule has 0 spiro atoms. The fourth-order valence-corrected chi connectivity index (χ4v) is 9.50. The summed E-state index contributed by atoms with van der Waals surface area (Å²) < 4.78 is 0. The minimum atomic E-state index is -0.686. The van der Waals surface area contributed by atoms with Gasteiger partial charge in [-0.05, 0) is 105 Å². The molecule has 0 aromatic rings. The highest BCUT2D eigenvalue weighted by atomic mass is 16.3. The number of fused-ring (bicyclic) bond motifs is 5. The maximum absolute atomic E-state index is 11.8. The minimum Gasteiger partial charge on any atom is -0.390 e. The van der Waals surface area contributed by atoms with E-state index in [1.54, 1.807) is 0 Å². The average molecular weight is 419 g/mol. The van der Waals surface area contributed by atoms with Gasteiger partial charge in [0.25, 0.3) is 0 Å². The van der Waals surface area contributed by atoms with Gasteiger partial charge in [0.2, 0.25) is 0 Å². The molecule has 4 rings (SSSR count). The maximum atomic E-state index is 11.8. The van der Waals surface area contributed by atoms with E-state index in [0.717, 1.165) is 48.9 Å². The van der Waals surface area contributed by atoms with Crippen LogP contribution >= 0.6 is 0 Å². The average Bonchev–Trinajstić information content (AvgIpc) is 2.99. The van der Waals surface area contributed by atoms with E-state index >= 15 is 0 Å². The Morgan fingerprint density at radius 2 is 1.53 bits per heavy atom. The maximum Gasteiger partial charge on any atom is 0.0731 e. The van der Waals surface area contributed by atoms with Gasteiger partial charge in [0.15, 0.2) is 0 Å². The minimum absolute atomic E-state index is 0.000450. The third-order valence-electron chi connectivity index (χ3n) is 11.3. The summed E-state index contributed by atoms with van der Waals surface area (Å²) >= 11 is 0. The summed E-state index contributed by atoms with van der Waals surface area (Å²) in [6.07, 6.45) is 14.2. The standard InChI is InChI=1S/C28H50O2/c1-19(2)8-7-9-20(3)22-10-11-23-21-12-15-28(30)18-25(4,29)16-17-27(28,6)24(21)13-14-26(22,23)5/h19-24,29-30H,7-18H2,1-6H3/t20-,21+,22-,23+,24+,25-,26-,27-,28-/m1/s1. The molecule has 4 aliphatic carbocycles. The number of rotatable bonds is 5. The summed E-state index contributed by atoms with van der Waals surface area (Å²) in [5.41, 5.74) is -0.829. The molecule has 2 N–H and O–H groups in total. The summed E-state index contributed by atoms with van der Waals surface area (Å²) in [5.74, 6) is 4.90. The molecule has 2 heteroatoms. The van der Waals surface area contributed by atoms with E-state index in [0.29, 0.717) is 17.8 Å². The predicted molar refractivity (Wildman–Crippen MR) is 125 cm³/mol. The lowest BCUT2D eigenvalue weighted by atomic mass is 9.42. The van der Waals surface area contributed by atoms with E-state index in [1.807, 2.05) is 6.92 Å². The summed E-state index contributed by atoms with van der Waals surface area (Å²) in [6.45, 7) is 14.2.